The summed E-state index contributed by atoms with van der Waals surface area (Å²) in [6.45, 7) is 0. The van der Waals surface area contributed by atoms with Crippen LogP contribution in [-0.2, 0) is 0 Å². The van der Waals surface area contributed by atoms with Gasteiger partial charge in [-0.1, -0.05) is 54.6 Å². The van der Waals surface area contributed by atoms with Gasteiger partial charge in [-0.2, -0.15) is 0 Å². The molecule has 1 radical (unpaired) electrons. The molecule has 2 N–H and O–H groups in total. The third-order valence-electron chi connectivity index (χ3n) is 3.65. The van der Waals surface area contributed by atoms with Gasteiger partial charge in [-0.15, -0.1) is 0 Å². The maximum Gasteiger partial charge on any atom is 0.336 e. The third-order valence-corrected chi connectivity index (χ3v) is 3.65. The normalized spacial score (nSPS) is 9.76. The Morgan fingerprint density at radius 1 is 0.680 bits per heavy atom. The Balaban J connectivity index is 0.00000225. The van der Waals surface area contributed by atoms with E-state index < -0.39 is 11.9 Å². The average Bonchev–Trinajstić information content (AvgIpc) is 2.63. The van der Waals surface area contributed by atoms with Gasteiger partial charge in [0.25, 0.3) is 5.91 Å². The first-order valence-electron chi connectivity index (χ1n) is 7.44. The zero-order chi connectivity index (χ0) is 16.9. The Morgan fingerprint density at radius 2 is 1.20 bits per heavy atom. The molecule has 3 aromatic carbocycles. The fraction of sp³-hybridized carbons (Fsp3) is 0. The summed E-state index contributed by atoms with van der Waals surface area (Å²) in [5.41, 5.74) is 2.86. The molecule has 119 valence electrons. The van der Waals surface area contributed by atoms with Gasteiger partial charge in [0.15, 0.2) is 0 Å². The number of carboxylic acid groups (broad SMARTS) is 1. The fourth-order valence-electron chi connectivity index (χ4n) is 2.44. The summed E-state index contributed by atoms with van der Waals surface area (Å²) < 4.78 is 0. The van der Waals surface area contributed by atoms with Crippen molar-refractivity contribution in [2.24, 2.45) is 0 Å². The van der Waals surface area contributed by atoms with Gasteiger partial charge in [-0.3, -0.25) is 4.79 Å². The minimum atomic E-state index is -1.12. The zero-order valence-electron chi connectivity index (χ0n) is 13.8. The maximum atomic E-state index is 12.3. The molecule has 1 amide bonds. The number of benzene rings is 3. The van der Waals surface area contributed by atoms with Gasteiger partial charge in [0.1, 0.15) is 0 Å². The van der Waals surface area contributed by atoms with E-state index in [4.69, 9.17) is 5.11 Å². The van der Waals surface area contributed by atoms with Crippen molar-refractivity contribution in [3.05, 3.63) is 90.0 Å². The Hall–Kier alpha value is -2.40. The molecule has 0 aromatic heterocycles. The molecule has 0 atom stereocenters. The van der Waals surface area contributed by atoms with Gasteiger partial charge in [0.05, 0.1) is 11.1 Å². The predicted molar refractivity (Wildman–Crippen MR) is 99.0 cm³/mol. The Bertz CT molecular complexity index is 877. The number of aromatic carboxylic acids is 1. The number of hydrogen-bond donors (Lipinski definition) is 2. The van der Waals surface area contributed by atoms with E-state index >= 15 is 0 Å². The molecular weight excluding hydrogens is 325 g/mol. The van der Waals surface area contributed by atoms with E-state index in [1.807, 2.05) is 42.5 Å². The van der Waals surface area contributed by atoms with E-state index in [-0.39, 0.29) is 40.7 Å². The molecule has 0 aliphatic carbocycles. The summed E-state index contributed by atoms with van der Waals surface area (Å²) >= 11 is 0. The molecule has 0 fully saturated rings. The van der Waals surface area contributed by atoms with E-state index in [2.05, 4.69) is 5.32 Å². The molecule has 3 rings (SSSR count). The number of rotatable bonds is 4. The van der Waals surface area contributed by atoms with Crippen LogP contribution in [0.3, 0.4) is 0 Å². The van der Waals surface area contributed by atoms with Crippen LogP contribution in [0.4, 0.5) is 5.69 Å². The number of amides is 1. The van der Waals surface area contributed by atoms with Gasteiger partial charge in [0, 0.05) is 35.2 Å². The van der Waals surface area contributed by atoms with Gasteiger partial charge in [-0.05, 0) is 35.4 Å². The number of carbonyl (C=O) groups excluding carboxylic acids is 1. The van der Waals surface area contributed by atoms with Crippen LogP contribution in [0.1, 0.15) is 20.7 Å². The first-order valence-corrected chi connectivity index (χ1v) is 7.44. The van der Waals surface area contributed by atoms with Crippen molar-refractivity contribution in [3.63, 3.8) is 0 Å². The van der Waals surface area contributed by atoms with E-state index in [1.165, 1.54) is 12.1 Å². The smallest absolute Gasteiger partial charge is 0.336 e. The molecule has 0 aliphatic rings. The third kappa shape index (κ3) is 4.57. The zero-order valence-corrected chi connectivity index (χ0v) is 15.8. The van der Waals surface area contributed by atoms with E-state index in [1.54, 1.807) is 24.3 Å². The minimum Gasteiger partial charge on any atom is -0.478 e. The molecule has 5 heteroatoms. The molecular formula is C20H15NNaO3. The molecule has 25 heavy (non-hydrogen) atoms. The monoisotopic (exact) mass is 340 g/mol. The van der Waals surface area contributed by atoms with E-state index in [0.717, 1.165) is 11.1 Å². The number of nitrogens with one attached hydrogen (secondary N) is 1. The van der Waals surface area contributed by atoms with Crippen molar-refractivity contribution >= 4 is 47.1 Å². The Morgan fingerprint density at radius 3 is 1.80 bits per heavy atom. The van der Waals surface area contributed by atoms with Crippen LogP contribution in [-0.4, -0.2) is 46.5 Å². The van der Waals surface area contributed by atoms with Crippen LogP contribution in [0.5, 0.6) is 0 Å². The molecule has 0 unspecified atom stereocenters. The van der Waals surface area contributed by atoms with Crippen LogP contribution in [0, 0.1) is 0 Å². The Kier molecular flexibility index (Phi) is 6.53. The number of hydrogen-bond acceptors (Lipinski definition) is 2. The van der Waals surface area contributed by atoms with Crippen LogP contribution in [0.2, 0.25) is 0 Å². The average molecular weight is 340 g/mol. The van der Waals surface area contributed by atoms with Crippen molar-refractivity contribution < 1.29 is 14.7 Å². The van der Waals surface area contributed by atoms with Crippen molar-refractivity contribution in [3.8, 4) is 11.1 Å². The molecule has 0 bridgehead atoms. The molecule has 3 aromatic rings. The topological polar surface area (TPSA) is 66.4 Å². The second-order valence-corrected chi connectivity index (χ2v) is 5.25. The van der Waals surface area contributed by atoms with Crippen molar-refractivity contribution in [2.45, 2.75) is 0 Å². The largest absolute Gasteiger partial charge is 0.478 e. The standard InChI is InChI=1S/C20H15NO3.Na/c22-19(17-8-4-5-9-18(17)20(23)24)21-16-12-10-15(11-13-16)14-6-2-1-3-7-14;/h1-13H,(H,21,22)(H,23,24);. The van der Waals surface area contributed by atoms with Gasteiger partial charge >= 0.3 is 5.97 Å². The molecule has 0 saturated heterocycles. The van der Waals surface area contributed by atoms with E-state index in [9.17, 15) is 9.59 Å². The molecule has 0 heterocycles. The second kappa shape index (κ2) is 8.62. The predicted octanol–water partition coefficient (Wildman–Crippen LogP) is 3.92. The quantitative estimate of drug-likeness (QED) is 0.707. The summed E-state index contributed by atoms with van der Waals surface area (Å²) in [5, 5.41) is 11.9. The number of anilines is 1. The summed E-state index contributed by atoms with van der Waals surface area (Å²) in [5.74, 6) is -1.57. The van der Waals surface area contributed by atoms with Gasteiger partial charge < -0.3 is 10.4 Å². The summed E-state index contributed by atoms with van der Waals surface area (Å²) in [7, 11) is 0. The summed E-state index contributed by atoms with van der Waals surface area (Å²) in [6, 6.07) is 23.5. The van der Waals surface area contributed by atoms with Gasteiger partial charge in [0.2, 0.25) is 0 Å². The molecule has 0 spiro atoms. The Labute approximate surface area is 167 Å². The van der Waals surface area contributed by atoms with Crippen molar-refractivity contribution in [2.75, 3.05) is 5.32 Å². The van der Waals surface area contributed by atoms with Crippen LogP contribution in [0.15, 0.2) is 78.9 Å². The summed E-state index contributed by atoms with van der Waals surface area (Å²) in [4.78, 5) is 23.5. The fourth-order valence-corrected chi connectivity index (χ4v) is 2.44. The van der Waals surface area contributed by atoms with Gasteiger partial charge in [-0.25, -0.2) is 4.79 Å². The summed E-state index contributed by atoms with van der Waals surface area (Å²) in [6.07, 6.45) is 0. The maximum absolute atomic E-state index is 12.3. The molecule has 0 aliphatic heterocycles. The van der Waals surface area contributed by atoms with Crippen molar-refractivity contribution in [1.82, 2.24) is 0 Å². The van der Waals surface area contributed by atoms with Crippen LogP contribution >= 0.6 is 0 Å². The van der Waals surface area contributed by atoms with E-state index in [0.29, 0.717) is 5.69 Å². The van der Waals surface area contributed by atoms with Crippen LogP contribution in [0.25, 0.3) is 11.1 Å². The minimum absolute atomic E-state index is 0. The molecule has 0 saturated carbocycles. The first-order chi connectivity index (χ1) is 11.6. The van der Waals surface area contributed by atoms with Crippen LogP contribution < -0.4 is 5.32 Å². The SMILES string of the molecule is O=C(O)c1ccccc1C(=O)Nc1ccc(-c2ccccc2)cc1.[Na]. The number of carbonyl (C=O) groups is 2. The first kappa shape index (κ1) is 18.9. The number of carboxylic acids is 1. The van der Waals surface area contributed by atoms with Crippen molar-refractivity contribution in [1.29, 1.82) is 0 Å². The second-order valence-electron chi connectivity index (χ2n) is 5.25. The molecule has 4 nitrogen and oxygen atoms in total.